The molecular weight excluding hydrogens is 362 g/mol. The molecule has 0 radical (unpaired) electrons. The summed E-state index contributed by atoms with van der Waals surface area (Å²) in [6, 6.07) is 4.38. The first kappa shape index (κ1) is 17.6. The van der Waals surface area contributed by atoms with E-state index in [0.717, 1.165) is 6.26 Å². The van der Waals surface area contributed by atoms with Crippen molar-refractivity contribution >= 4 is 45.0 Å². The van der Waals surface area contributed by atoms with Gasteiger partial charge in [-0.15, -0.1) is 0 Å². The normalized spacial score (nSPS) is 11.2. The van der Waals surface area contributed by atoms with Crippen molar-refractivity contribution in [2.24, 2.45) is 0 Å². The Morgan fingerprint density at radius 1 is 1.43 bits per heavy atom. The van der Waals surface area contributed by atoms with Crippen molar-refractivity contribution in [3.05, 3.63) is 35.1 Å². The number of halogens is 1. The molecule has 124 valence electrons. The average molecular weight is 376 g/mol. The van der Waals surface area contributed by atoms with E-state index < -0.39 is 10.0 Å². The van der Waals surface area contributed by atoms with Gasteiger partial charge in [-0.25, -0.2) is 13.4 Å². The molecule has 8 nitrogen and oxygen atoms in total. The lowest BCUT2D eigenvalue weighted by Crippen LogP contribution is -2.26. The molecule has 0 aliphatic carbocycles. The minimum Gasteiger partial charge on any atom is -0.351 e. The Kier molecular flexibility index (Phi) is 5.85. The molecule has 0 spiro atoms. The van der Waals surface area contributed by atoms with Gasteiger partial charge in [0.15, 0.2) is 5.16 Å². The van der Waals surface area contributed by atoms with Gasteiger partial charge in [0, 0.05) is 17.9 Å². The lowest BCUT2D eigenvalue weighted by Gasteiger charge is -2.09. The molecule has 3 N–H and O–H groups in total. The van der Waals surface area contributed by atoms with E-state index in [1.54, 1.807) is 0 Å². The maximum atomic E-state index is 12.1. The molecule has 0 unspecified atom stereocenters. The summed E-state index contributed by atoms with van der Waals surface area (Å²) in [6.45, 7) is 0.418. The van der Waals surface area contributed by atoms with E-state index in [1.807, 2.05) is 0 Å². The lowest BCUT2D eigenvalue weighted by molar-refractivity contribution is 0.0956. The highest BCUT2D eigenvalue weighted by molar-refractivity contribution is 7.99. The van der Waals surface area contributed by atoms with Crippen molar-refractivity contribution < 1.29 is 13.2 Å². The van der Waals surface area contributed by atoms with Gasteiger partial charge in [-0.3, -0.25) is 14.6 Å². The summed E-state index contributed by atoms with van der Waals surface area (Å²) < 4.78 is 24.8. The third-order valence-electron chi connectivity index (χ3n) is 2.54. The van der Waals surface area contributed by atoms with Crippen molar-refractivity contribution in [2.75, 3.05) is 23.3 Å². The van der Waals surface area contributed by atoms with Crippen molar-refractivity contribution in [1.82, 2.24) is 20.5 Å². The SMILES string of the molecule is CS(=O)(=O)Nc1cc(C(=O)NCCSc2ncn[nH]2)ccc1Cl. The number of benzene rings is 1. The van der Waals surface area contributed by atoms with Crippen LogP contribution in [0.5, 0.6) is 0 Å². The highest BCUT2D eigenvalue weighted by atomic mass is 35.5. The Balaban J connectivity index is 1.92. The number of anilines is 1. The molecule has 0 saturated heterocycles. The second-order valence-electron chi connectivity index (χ2n) is 4.46. The highest BCUT2D eigenvalue weighted by Gasteiger charge is 2.11. The number of amides is 1. The summed E-state index contributed by atoms with van der Waals surface area (Å²) in [5.74, 6) is 0.291. The molecule has 0 aliphatic rings. The van der Waals surface area contributed by atoms with Crippen LogP contribution in [0.15, 0.2) is 29.7 Å². The van der Waals surface area contributed by atoms with Crippen molar-refractivity contribution in [3.8, 4) is 0 Å². The molecular formula is C12H14ClN5O3S2. The maximum Gasteiger partial charge on any atom is 0.251 e. The topological polar surface area (TPSA) is 117 Å². The zero-order chi connectivity index (χ0) is 16.9. The van der Waals surface area contributed by atoms with Crippen LogP contribution in [0.25, 0.3) is 0 Å². The van der Waals surface area contributed by atoms with E-state index >= 15 is 0 Å². The van der Waals surface area contributed by atoms with Gasteiger partial charge in [0.2, 0.25) is 10.0 Å². The number of nitrogens with zero attached hydrogens (tertiary/aromatic N) is 2. The van der Waals surface area contributed by atoms with Crippen molar-refractivity contribution in [3.63, 3.8) is 0 Å². The minimum atomic E-state index is -3.47. The molecule has 0 aliphatic heterocycles. The summed E-state index contributed by atoms with van der Waals surface area (Å²) in [4.78, 5) is 16.0. The Morgan fingerprint density at radius 2 is 2.22 bits per heavy atom. The number of rotatable bonds is 7. The molecule has 1 aromatic carbocycles. The Bertz CT molecular complexity index is 780. The average Bonchev–Trinajstić information content (AvgIpc) is 2.97. The standard InChI is InChI=1S/C12H14ClN5O3S2/c1-23(20,21)18-10-6-8(2-3-9(10)13)11(19)14-4-5-22-12-15-7-16-17-12/h2-3,6-7,18H,4-5H2,1H3,(H,14,19)(H,15,16,17). The van der Waals surface area contributed by atoms with E-state index in [-0.39, 0.29) is 16.6 Å². The number of hydrogen-bond acceptors (Lipinski definition) is 6. The smallest absolute Gasteiger partial charge is 0.251 e. The van der Waals surface area contributed by atoms with Gasteiger partial charge in [-0.05, 0) is 18.2 Å². The van der Waals surface area contributed by atoms with Gasteiger partial charge in [-0.1, -0.05) is 23.4 Å². The van der Waals surface area contributed by atoms with E-state index in [9.17, 15) is 13.2 Å². The molecule has 0 fully saturated rings. The molecule has 1 amide bonds. The minimum absolute atomic E-state index is 0.165. The molecule has 0 bridgehead atoms. The van der Waals surface area contributed by atoms with E-state index in [0.29, 0.717) is 23.0 Å². The molecule has 0 atom stereocenters. The third kappa shape index (κ3) is 5.73. The third-order valence-corrected chi connectivity index (χ3v) is 4.34. The summed E-state index contributed by atoms with van der Waals surface area (Å²) in [7, 11) is -3.47. The van der Waals surface area contributed by atoms with Crippen LogP contribution in [0, 0.1) is 0 Å². The van der Waals surface area contributed by atoms with Gasteiger partial charge in [0.05, 0.1) is 17.0 Å². The number of aromatic nitrogens is 3. The van der Waals surface area contributed by atoms with Gasteiger partial charge >= 0.3 is 0 Å². The van der Waals surface area contributed by atoms with Crippen molar-refractivity contribution in [1.29, 1.82) is 0 Å². The monoisotopic (exact) mass is 375 g/mol. The van der Waals surface area contributed by atoms with Crippen LogP contribution in [0.1, 0.15) is 10.4 Å². The largest absolute Gasteiger partial charge is 0.351 e. The summed E-state index contributed by atoms with van der Waals surface area (Å²) >= 11 is 7.33. The summed E-state index contributed by atoms with van der Waals surface area (Å²) in [6.07, 6.45) is 2.42. The summed E-state index contributed by atoms with van der Waals surface area (Å²) in [5.41, 5.74) is 0.475. The lowest BCUT2D eigenvalue weighted by atomic mass is 10.2. The van der Waals surface area contributed by atoms with Gasteiger partial charge in [0.1, 0.15) is 6.33 Å². The van der Waals surface area contributed by atoms with Crippen LogP contribution in [0.2, 0.25) is 5.02 Å². The Labute approximate surface area is 142 Å². The maximum absolute atomic E-state index is 12.1. The fraction of sp³-hybridized carbons (Fsp3) is 0.250. The van der Waals surface area contributed by atoms with E-state index in [1.165, 1.54) is 36.3 Å². The van der Waals surface area contributed by atoms with Crippen LogP contribution < -0.4 is 10.0 Å². The number of sulfonamides is 1. The molecule has 0 saturated carbocycles. The Morgan fingerprint density at radius 3 is 2.87 bits per heavy atom. The molecule has 2 rings (SSSR count). The van der Waals surface area contributed by atoms with Gasteiger partial charge in [0.25, 0.3) is 5.91 Å². The van der Waals surface area contributed by atoms with Crippen LogP contribution >= 0.6 is 23.4 Å². The molecule has 2 aromatic rings. The fourth-order valence-electron chi connectivity index (χ4n) is 1.62. The second kappa shape index (κ2) is 7.66. The number of carbonyl (C=O) groups excluding carboxylic acids is 1. The van der Waals surface area contributed by atoms with Crippen LogP contribution in [0.4, 0.5) is 5.69 Å². The first-order chi connectivity index (χ1) is 10.8. The van der Waals surface area contributed by atoms with Gasteiger partial charge < -0.3 is 5.32 Å². The first-order valence-electron chi connectivity index (χ1n) is 6.39. The van der Waals surface area contributed by atoms with Crippen LogP contribution in [-0.4, -0.2) is 48.1 Å². The van der Waals surface area contributed by atoms with Gasteiger partial charge in [-0.2, -0.15) is 5.10 Å². The highest BCUT2D eigenvalue weighted by Crippen LogP contribution is 2.23. The summed E-state index contributed by atoms with van der Waals surface area (Å²) in [5, 5.41) is 10.0. The number of H-pyrrole nitrogens is 1. The molecule has 11 heteroatoms. The van der Waals surface area contributed by atoms with E-state index in [4.69, 9.17) is 11.6 Å². The number of aromatic amines is 1. The molecule has 1 heterocycles. The molecule has 1 aromatic heterocycles. The number of hydrogen-bond donors (Lipinski definition) is 3. The quantitative estimate of drug-likeness (QED) is 0.496. The second-order valence-corrected chi connectivity index (χ2v) is 7.70. The van der Waals surface area contributed by atoms with E-state index in [2.05, 4.69) is 25.2 Å². The zero-order valence-electron chi connectivity index (χ0n) is 12.0. The number of nitrogens with one attached hydrogen (secondary N) is 3. The molecule has 23 heavy (non-hydrogen) atoms. The first-order valence-corrected chi connectivity index (χ1v) is 9.64. The fourth-order valence-corrected chi connectivity index (χ4v) is 3.05. The zero-order valence-corrected chi connectivity index (χ0v) is 14.4. The predicted molar refractivity (Wildman–Crippen MR) is 89.4 cm³/mol. The Hall–Kier alpha value is -1.78. The number of thioether (sulfide) groups is 1. The van der Waals surface area contributed by atoms with Crippen LogP contribution in [0.3, 0.4) is 0 Å². The number of carbonyl (C=O) groups is 1. The van der Waals surface area contributed by atoms with Crippen molar-refractivity contribution in [2.45, 2.75) is 5.16 Å². The van der Waals surface area contributed by atoms with Crippen LogP contribution in [-0.2, 0) is 10.0 Å². The predicted octanol–water partition coefficient (Wildman–Crippen LogP) is 1.35.